The molecule has 8 nitrogen and oxygen atoms in total. The first-order valence-electron chi connectivity index (χ1n) is 15.1. The Balaban J connectivity index is 1.46. The van der Waals surface area contributed by atoms with Gasteiger partial charge in [0, 0.05) is 48.6 Å². The Hall–Kier alpha value is -4.69. The van der Waals surface area contributed by atoms with Gasteiger partial charge >= 0.3 is 5.97 Å². The molecule has 6 rings (SSSR count). The molecular formula is C36H38N4O4. The number of aromatic carboxylic acids is 1. The maximum Gasteiger partial charge on any atom is 0.337 e. The number of piperidine rings is 1. The molecular weight excluding hydrogens is 552 g/mol. The number of aryl methyl sites for hydroxylation is 3. The average Bonchev–Trinajstić information content (AvgIpc) is 3.37. The summed E-state index contributed by atoms with van der Waals surface area (Å²) in [6.07, 6.45) is 2.38. The van der Waals surface area contributed by atoms with Gasteiger partial charge in [-0.1, -0.05) is 35.5 Å². The predicted molar refractivity (Wildman–Crippen MR) is 175 cm³/mol. The number of rotatable bonds is 8. The Labute approximate surface area is 257 Å². The van der Waals surface area contributed by atoms with Gasteiger partial charge in [-0.05, 0) is 93.6 Å². The van der Waals surface area contributed by atoms with Crippen molar-refractivity contribution in [2.45, 2.75) is 52.7 Å². The number of aromatic nitrogens is 2. The van der Waals surface area contributed by atoms with Gasteiger partial charge in [0.25, 0.3) is 0 Å². The van der Waals surface area contributed by atoms with Crippen molar-refractivity contribution in [3.8, 4) is 22.4 Å². The molecule has 0 bridgehead atoms. The van der Waals surface area contributed by atoms with Gasteiger partial charge in [0.1, 0.15) is 5.76 Å². The molecule has 5 aromatic rings. The monoisotopic (exact) mass is 590 g/mol. The number of carboxylic acids is 1. The normalized spacial score (nSPS) is 14.6. The minimum Gasteiger partial charge on any atom is -0.478 e. The highest BCUT2D eigenvalue weighted by Crippen LogP contribution is 2.39. The molecule has 0 spiro atoms. The average molecular weight is 591 g/mol. The van der Waals surface area contributed by atoms with Gasteiger partial charge in [0.15, 0.2) is 0 Å². The number of hydrogen-bond donors (Lipinski definition) is 2. The summed E-state index contributed by atoms with van der Waals surface area (Å²) < 4.78 is 11.1. The molecule has 0 radical (unpaired) electrons. The van der Waals surface area contributed by atoms with E-state index in [9.17, 15) is 9.90 Å². The van der Waals surface area contributed by atoms with E-state index in [0.29, 0.717) is 11.8 Å². The number of nitrogens with one attached hydrogen (secondary N) is 1. The van der Waals surface area contributed by atoms with E-state index in [2.05, 4.69) is 71.7 Å². The van der Waals surface area contributed by atoms with E-state index in [0.717, 1.165) is 81.8 Å². The number of methoxy groups -OCH3 is 1. The van der Waals surface area contributed by atoms with Crippen molar-refractivity contribution in [1.82, 2.24) is 10.1 Å². The fourth-order valence-corrected chi connectivity index (χ4v) is 6.35. The fraction of sp³-hybridized carbons (Fsp3) is 0.306. The van der Waals surface area contributed by atoms with E-state index >= 15 is 0 Å². The summed E-state index contributed by atoms with van der Waals surface area (Å²) in [5.74, 6) is -0.240. The summed E-state index contributed by atoms with van der Waals surface area (Å²) in [5, 5.41) is 18.4. The summed E-state index contributed by atoms with van der Waals surface area (Å²) in [6.45, 7) is 9.92. The Kier molecular flexibility index (Phi) is 8.10. The van der Waals surface area contributed by atoms with E-state index in [4.69, 9.17) is 14.2 Å². The molecule has 1 saturated heterocycles. The number of nitrogens with zero attached hydrogens (tertiary/aromatic N) is 3. The summed E-state index contributed by atoms with van der Waals surface area (Å²) >= 11 is 0. The van der Waals surface area contributed by atoms with Crippen LogP contribution in [0.1, 0.15) is 58.7 Å². The number of para-hydroxylation sites is 1. The highest BCUT2D eigenvalue weighted by atomic mass is 16.5. The number of hydrogen-bond acceptors (Lipinski definition) is 7. The SMILES string of the molecule is COC1CCN(c2ccc(-c3cc4c([C@@H](C)Nc5ccccc5C(=O)O)cc(C)cc4nc3-c3c(C)noc3C)cc2)CC1. The predicted octanol–water partition coefficient (Wildman–Crippen LogP) is 7.97. The van der Waals surface area contributed by atoms with Crippen LogP contribution in [0.25, 0.3) is 33.3 Å². The zero-order valence-corrected chi connectivity index (χ0v) is 25.8. The minimum absolute atomic E-state index is 0.185. The Morgan fingerprint density at radius 3 is 2.43 bits per heavy atom. The summed E-state index contributed by atoms with van der Waals surface area (Å²) in [5.41, 5.74) is 9.53. The number of carbonyl (C=O) groups is 1. The molecule has 1 fully saturated rings. The molecule has 226 valence electrons. The maximum atomic E-state index is 11.9. The molecule has 1 aliphatic rings. The number of fused-ring (bicyclic) bond motifs is 1. The van der Waals surface area contributed by atoms with Crippen LogP contribution < -0.4 is 10.2 Å². The molecule has 0 unspecified atom stereocenters. The van der Waals surface area contributed by atoms with Crippen LogP contribution in [0.15, 0.2) is 71.3 Å². The van der Waals surface area contributed by atoms with Crippen LogP contribution in [-0.4, -0.2) is 47.5 Å². The molecule has 1 aliphatic heterocycles. The van der Waals surface area contributed by atoms with Crippen LogP contribution in [0, 0.1) is 20.8 Å². The summed E-state index contributed by atoms with van der Waals surface area (Å²) in [4.78, 5) is 19.6. The lowest BCUT2D eigenvalue weighted by Gasteiger charge is -2.33. The fourth-order valence-electron chi connectivity index (χ4n) is 6.35. The lowest BCUT2D eigenvalue weighted by atomic mass is 9.92. The number of anilines is 2. The molecule has 0 amide bonds. The molecule has 44 heavy (non-hydrogen) atoms. The van der Waals surface area contributed by atoms with E-state index in [1.807, 2.05) is 19.9 Å². The van der Waals surface area contributed by atoms with Crippen LogP contribution in [0.3, 0.4) is 0 Å². The highest BCUT2D eigenvalue weighted by molar-refractivity contribution is 5.96. The maximum absolute atomic E-state index is 11.9. The number of pyridine rings is 1. The summed E-state index contributed by atoms with van der Waals surface area (Å²) in [7, 11) is 1.79. The molecule has 0 aliphatic carbocycles. The smallest absolute Gasteiger partial charge is 0.337 e. The molecule has 3 aromatic carbocycles. The zero-order valence-electron chi connectivity index (χ0n) is 25.8. The molecule has 2 N–H and O–H groups in total. The number of carboxylic acid groups (broad SMARTS) is 1. The van der Waals surface area contributed by atoms with Gasteiger partial charge in [-0.3, -0.25) is 0 Å². The Morgan fingerprint density at radius 2 is 1.77 bits per heavy atom. The first-order valence-corrected chi connectivity index (χ1v) is 15.1. The van der Waals surface area contributed by atoms with Crippen LogP contribution >= 0.6 is 0 Å². The molecule has 2 aromatic heterocycles. The van der Waals surface area contributed by atoms with Crippen molar-refractivity contribution in [3.63, 3.8) is 0 Å². The van der Waals surface area contributed by atoms with Crippen molar-refractivity contribution in [2.24, 2.45) is 0 Å². The minimum atomic E-state index is -0.964. The second-order valence-corrected chi connectivity index (χ2v) is 11.7. The molecule has 0 saturated carbocycles. The quantitative estimate of drug-likeness (QED) is 0.188. The Bertz CT molecular complexity index is 1800. The van der Waals surface area contributed by atoms with Gasteiger partial charge in [0.2, 0.25) is 0 Å². The van der Waals surface area contributed by atoms with E-state index < -0.39 is 5.97 Å². The van der Waals surface area contributed by atoms with Crippen molar-refractivity contribution < 1.29 is 19.2 Å². The third kappa shape index (κ3) is 5.65. The van der Waals surface area contributed by atoms with E-state index in [1.54, 1.807) is 25.3 Å². The largest absolute Gasteiger partial charge is 0.478 e. The van der Waals surface area contributed by atoms with Gasteiger partial charge < -0.3 is 24.6 Å². The second kappa shape index (κ2) is 12.1. The van der Waals surface area contributed by atoms with Gasteiger partial charge in [-0.2, -0.15) is 0 Å². The van der Waals surface area contributed by atoms with Crippen LogP contribution in [0.5, 0.6) is 0 Å². The van der Waals surface area contributed by atoms with Crippen LogP contribution in [0.2, 0.25) is 0 Å². The highest BCUT2D eigenvalue weighted by Gasteiger charge is 2.23. The van der Waals surface area contributed by atoms with E-state index in [1.165, 1.54) is 5.69 Å². The third-order valence-electron chi connectivity index (χ3n) is 8.70. The van der Waals surface area contributed by atoms with Crippen molar-refractivity contribution in [2.75, 3.05) is 30.4 Å². The van der Waals surface area contributed by atoms with Gasteiger partial charge in [-0.15, -0.1) is 0 Å². The third-order valence-corrected chi connectivity index (χ3v) is 8.70. The van der Waals surface area contributed by atoms with Crippen LogP contribution in [-0.2, 0) is 4.74 Å². The van der Waals surface area contributed by atoms with Crippen LogP contribution in [0.4, 0.5) is 11.4 Å². The zero-order chi connectivity index (χ0) is 31.0. The molecule has 1 atom stereocenters. The lowest BCUT2D eigenvalue weighted by Crippen LogP contribution is -2.36. The second-order valence-electron chi connectivity index (χ2n) is 11.7. The number of ether oxygens (including phenoxy) is 1. The Morgan fingerprint density at radius 1 is 1.05 bits per heavy atom. The lowest BCUT2D eigenvalue weighted by molar-refractivity contribution is 0.0697. The van der Waals surface area contributed by atoms with E-state index in [-0.39, 0.29) is 11.6 Å². The van der Waals surface area contributed by atoms with Gasteiger partial charge in [-0.25, -0.2) is 9.78 Å². The van der Waals surface area contributed by atoms with Crippen molar-refractivity contribution in [3.05, 3.63) is 94.9 Å². The van der Waals surface area contributed by atoms with Crippen molar-refractivity contribution >= 4 is 28.2 Å². The standard InChI is InChI=1S/C36H38N4O4/c1-21-18-29(22(2)37-32-9-7-6-8-28(32)36(41)42)31-20-30(35(38-33(31)19-21)34-23(3)39-44-24(34)4)25-10-12-26(13-11-25)40-16-14-27(43-5)15-17-40/h6-13,18-20,22,27,37H,14-17H2,1-5H3,(H,41,42)/t22-/m1/s1. The number of benzene rings is 3. The van der Waals surface area contributed by atoms with Crippen molar-refractivity contribution in [1.29, 1.82) is 0 Å². The molecule has 8 heteroatoms. The first-order chi connectivity index (χ1) is 21.2. The first kappa shape index (κ1) is 29.4. The molecule has 3 heterocycles. The van der Waals surface area contributed by atoms with Gasteiger partial charge in [0.05, 0.1) is 34.1 Å². The summed E-state index contributed by atoms with van der Waals surface area (Å²) in [6, 6.07) is 22.0. The topological polar surface area (TPSA) is 101 Å².